The minimum absolute atomic E-state index is 0.291. The molecule has 1 atom stereocenters. The minimum atomic E-state index is -0.925. The number of aromatic amines is 1. The van der Waals surface area contributed by atoms with E-state index in [-0.39, 0.29) is 0 Å². The average Bonchev–Trinajstić information content (AvgIpc) is 2.55. The third kappa shape index (κ3) is 1.27. The van der Waals surface area contributed by atoms with Crippen LogP contribution in [0.1, 0.15) is 5.69 Å². The molecule has 0 fully saturated rings. The van der Waals surface area contributed by atoms with Crippen LogP contribution in [0.25, 0.3) is 0 Å². The van der Waals surface area contributed by atoms with Gasteiger partial charge < -0.3 is 11.1 Å². The van der Waals surface area contributed by atoms with Crippen molar-refractivity contribution in [3.8, 4) is 0 Å². The number of hydrogen-bond acceptors (Lipinski definition) is 5. The van der Waals surface area contributed by atoms with Crippen LogP contribution in [0.2, 0.25) is 0 Å². The highest BCUT2D eigenvalue weighted by atomic mass is 15.2. The summed E-state index contributed by atoms with van der Waals surface area (Å²) >= 11 is 0. The SMILES string of the molecule is NC1=NC(N)(c2ccn[nH]2)C=CN1. The van der Waals surface area contributed by atoms with Crippen LogP contribution < -0.4 is 16.8 Å². The van der Waals surface area contributed by atoms with Gasteiger partial charge in [0, 0.05) is 12.4 Å². The number of aromatic nitrogens is 2. The van der Waals surface area contributed by atoms with E-state index < -0.39 is 5.66 Å². The summed E-state index contributed by atoms with van der Waals surface area (Å²) in [5.41, 5.74) is 11.2. The van der Waals surface area contributed by atoms with Crippen molar-refractivity contribution >= 4 is 5.96 Å². The standard InChI is InChI=1S/C7H10N6/c8-6-10-4-2-7(9,12-6)5-1-3-11-13-5/h1-4H,9H2,(H,11,13)(H3,8,10,12). The molecule has 1 unspecified atom stereocenters. The van der Waals surface area contributed by atoms with Gasteiger partial charge in [-0.25, -0.2) is 4.99 Å². The second-order valence-electron chi connectivity index (χ2n) is 2.77. The molecule has 1 aliphatic rings. The number of guanidine groups is 1. The van der Waals surface area contributed by atoms with E-state index in [9.17, 15) is 0 Å². The first-order valence-corrected chi connectivity index (χ1v) is 3.79. The van der Waals surface area contributed by atoms with Gasteiger partial charge in [0.15, 0.2) is 11.6 Å². The monoisotopic (exact) mass is 178 g/mol. The summed E-state index contributed by atoms with van der Waals surface area (Å²) in [7, 11) is 0. The number of H-pyrrole nitrogens is 1. The van der Waals surface area contributed by atoms with E-state index in [1.807, 2.05) is 0 Å². The second kappa shape index (κ2) is 2.60. The molecule has 0 bridgehead atoms. The lowest BCUT2D eigenvalue weighted by Gasteiger charge is -2.23. The van der Waals surface area contributed by atoms with Crippen LogP contribution in [0.3, 0.4) is 0 Å². The topological polar surface area (TPSA) is 105 Å². The van der Waals surface area contributed by atoms with Gasteiger partial charge in [-0.1, -0.05) is 0 Å². The molecule has 1 aliphatic heterocycles. The summed E-state index contributed by atoms with van der Waals surface area (Å²) in [5.74, 6) is 0.291. The van der Waals surface area contributed by atoms with E-state index in [1.54, 1.807) is 24.5 Å². The van der Waals surface area contributed by atoms with Crippen molar-refractivity contribution in [2.75, 3.05) is 0 Å². The Labute approximate surface area is 74.7 Å². The Bertz CT molecular complexity index is 351. The fraction of sp³-hybridized carbons (Fsp3) is 0.143. The lowest BCUT2D eigenvalue weighted by Crippen LogP contribution is -2.42. The van der Waals surface area contributed by atoms with Crippen molar-refractivity contribution in [3.63, 3.8) is 0 Å². The highest BCUT2D eigenvalue weighted by Crippen LogP contribution is 2.19. The Morgan fingerprint density at radius 1 is 1.46 bits per heavy atom. The van der Waals surface area contributed by atoms with Crippen LogP contribution in [-0.2, 0) is 5.66 Å². The average molecular weight is 178 g/mol. The van der Waals surface area contributed by atoms with Gasteiger partial charge in [0.2, 0.25) is 0 Å². The fourth-order valence-electron chi connectivity index (χ4n) is 1.15. The van der Waals surface area contributed by atoms with Crippen LogP contribution in [0.4, 0.5) is 0 Å². The van der Waals surface area contributed by atoms with Crippen molar-refractivity contribution in [2.24, 2.45) is 16.5 Å². The number of aliphatic imine (C=N–C) groups is 1. The maximum absolute atomic E-state index is 5.95. The first kappa shape index (κ1) is 7.81. The summed E-state index contributed by atoms with van der Waals surface area (Å²) in [4.78, 5) is 4.06. The maximum Gasteiger partial charge on any atom is 0.195 e. The Hall–Kier alpha value is -1.82. The number of nitrogens with two attached hydrogens (primary N) is 2. The molecular formula is C7H10N6. The predicted octanol–water partition coefficient (Wildman–Crippen LogP) is -1.05. The molecule has 1 aromatic heterocycles. The molecule has 2 rings (SSSR count). The number of nitrogens with zero attached hydrogens (tertiary/aromatic N) is 2. The van der Waals surface area contributed by atoms with Gasteiger partial charge in [-0.05, 0) is 12.1 Å². The molecule has 0 amide bonds. The van der Waals surface area contributed by atoms with Crippen molar-refractivity contribution in [1.82, 2.24) is 15.5 Å². The summed E-state index contributed by atoms with van der Waals surface area (Å²) in [6.07, 6.45) is 4.98. The molecular weight excluding hydrogens is 168 g/mol. The molecule has 2 heterocycles. The van der Waals surface area contributed by atoms with Crippen molar-refractivity contribution < 1.29 is 0 Å². The highest BCUT2D eigenvalue weighted by Gasteiger charge is 2.27. The van der Waals surface area contributed by atoms with Crippen molar-refractivity contribution in [2.45, 2.75) is 5.66 Å². The summed E-state index contributed by atoms with van der Waals surface area (Å²) in [6, 6.07) is 1.76. The van der Waals surface area contributed by atoms with E-state index in [0.29, 0.717) is 11.7 Å². The summed E-state index contributed by atoms with van der Waals surface area (Å²) in [5, 5.41) is 9.28. The van der Waals surface area contributed by atoms with Gasteiger partial charge in [0.1, 0.15) is 0 Å². The molecule has 0 aliphatic carbocycles. The Kier molecular flexibility index (Phi) is 1.56. The third-order valence-electron chi connectivity index (χ3n) is 1.81. The van der Waals surface area contributed by atoms with Crippen LogP contribution >= 0.6 is 0 Å². The van der Waals surface area contributed by atoms with E-state index in [2.05, 4.69) is 20.5 Å². The molecule has 0 radical (unpaired) electrons. The van der Waals surface area contributed by atoms with Gasteiger partial charge in [0.25, 0.3) is 0 Å². The molecule has 68 valence electrons. The van der Waals surface area contributed by atoms with Crippen LogP contribution in [0.5, 0.6) is 0 Å². The number of rotatable bonds is 1. The molecule has 13 heavy (non-hydrogen) atoms. The molecule has 6 nitrogen and oxygen atoms in total. The molecule has 0 saturated heterocycles. The summed E-state index contributed by atoms with van der Waals surface area (Å²) < 4.78 is 0. The van der Waals surface area contributed by atoms with Crippen molar-refractivity contribution in [1.29, 1.82) is 0 Å². The third-order valence-corrected chi connectivity index (χ3v) is 1.81. The van der Waals surface area contributed by atoms with E-state index in [4.69, 9.17) is 11.5 Å². The first-order valence-electron chi connectivity index (χ1n) is 3.79. The van der Waals surface area contributed by atoms with Gasteiger partial charge in [0.05, 0.1) is 5.69 Å². The molecule has 1 aromatic rings. The quantitative estimate of drug-likeness (QED) is 0.440. The molecule has 6 heteroatoms. The van der Waals surface area contributed by atoms with E-state index >= 15 is 0 Å². The predicted molar refractivity (Wildman–Crippen MR) is 48.4 cm³/mol. The van der Waals surface area contributed by atoms with Gasteiger partial charge in [-0.2, -0.15) is 5.10 Å². The van der Waals surface area contributed by atoms with Gasteiger partial charge in [-0.3, -0.25) is 10.8 Å². The Morgan fingerprint density at radius 3 is 2.92 bits per heavy atom. The zero-order chi connectivity index (χ0) is 9.31. The molecule has 6 N–H and O–H groups in total. The highest BCUT2D eigenvalue weighted by molar-refractivity contribution is 5.80. The Balaban J connectivity index is 2.41. The molecule has 0 saturated carbocycles. The van der Waals surface area contributed by atoms with Crippen molar-refractivity contribution in [3.05, 3.63) is 30.2 Å². The summed E-state index contributed by atoms with van der Waals surface area (Å²) in [6.45, 7) is 0. The number of nitrogens with one attached hydrogen (secondary N) is 2. The normalized spacial score (nSPS) is 26.7. The van der Waals surface area contributed by atoms with Crippen LogP contribution in [0, 0.1) is 0 Å². The zero-order valence-corrected chi connectivity index (χ0v) is 6.86. The molecule has 0 aromatic carbocycles. The zero-order valence-electron chi connectivity index (χ0n) is 6.86. The Morgan fingerprint density at radius 2 is 2.31 bits per heavy atom. The number of hydrogen-bond donors (Lipinski definition) is 4. The fourth-order valence-corrected chi connectivity index (χ4v) is 1.15. The lowest BCUT2D eigenvalue weighted by atomic mass is 10.1. The second-order valence-corrected chi connectivity index (χ2v) is 2.77. The lowest BCUT2D eigenvalue weighted by molar-refractivity contribution is 0.560. The minimum Gasteiger partial charge on any atom is -0.370 e. The molecule has 0 spiro atoms. The van der Waals surface area contributed by atoms with E-state index in [0.717, 1.165) is 0 Å². The van der Waals surface area contributed by atoms with Crippen LogP contribution in [0.15, 0.2) is 29.5 Å². The first-order chi connectivity index (χ1) is 6.21. The smallest absolute Gasteiger partial charge is 0.195 e. The van der Waals surface area contributed by atoms with Gasteiger partial charge in [-0.15, -0.1) is 0 Å². The van der Waals surface area contributed by atoms with Gasteiger partial charge >= 0.3 is 0 Å². The largest absolute Gasteiger partial charge is 0.370 e. The maximum atomic E-state index is 5.95. The van der Waals surface area contributed by atoms with E-state index in [1.165, 1.54) is 0 Å². The van der Waals surface area contributed by atoms with Crippen LogP contribution in [-0.4, -0.2) is 16.2 Å².